The van der Waals surface area contributed by atoms with Gasteiger partial charge >= 0.3 is 0 Å². The molecule has 0 bridgehead atoms. The van der Waals surface area contributed by atoms with Gasteiger partial charge in [0, 0.05) is 0 Å². The topological polar surface area (TPSA) is 18.5 Å². The van der Waals surface area contributed by atoms with Gasteiger partial charge in [-0.05, 0) is 0 Å². The zero-order chi connectivity index (χ0) is 6.85. The Balaban J connectivity index is 2.44. The van der Waals surface area contributed by atoms with E-state index in [0.29, 0.717) is 0 Å². The Labute approximate surface area is 51.1 Å². The highest BCUT2D eigenvalue weighted by molar-refractivity contribution is 4.85. The summed E-state index contributed by atoms with van der Waals surface area (Å²) in [5, 5.41) is 0. The summed E-state index contributed by atoms with van der Waals surface area (Å²) in [4.78, 5) is 0. The van der Waals surface area contributed by atoms with Gasteiger partial charge in [0.15, 0.2) is 0 Å². The Morgan fingerprint density at radius 1 is 1.44 bits per heavy atom. The molecular weight excluding hydrogens is 130 g/mol. The van der Waals surface area contributed by atoms with Crippen LogP contribution >= 0.6 is 0 Å². The van der Waals surface area contributed by atoms with Crippen molar-refractivity contribution < 1.29 is 18.3 Å². The highest BCUT2D eigenvalue weighted by atomic mass is 19.2. The van der Waals surface area contributed by atoms with Crippen LogP contribution < -0.4 is 0 Å². The fourth-order valence-electron chi connectivity index (χ4n) is 0.495. The van der Waals surface area contributed by atoms with E-state index in [2.05, 4.69) is 16.1 Å². The normalized spacial score (nSPS) is 36.0. The van der Waals surface area contributed by atoms with Gasteiger partial charge in [-0.1, -0.05) is 6.58 Å². The third-order valence-corrected chi connectivity index (χ3v) is 0.889. The first-order valence-electron chi connectivity index (χ1n) is 2.44. The first-order valence-corrected chi connectivity index (χ1v) is 2.44. The van der Waals surface area contributed by atoms with E-state index in [9.17, 15) is 8.78 Å². The Kier molecular flexibility index (Phi) is 1.66. The number of halogens is 2. The maximum absolute atomic E-state index is 12.0. The van der Waals surface area contributed by atoms with Crippen LogP contribution in [0.5, 0.6) is 0 Å². The van der Waals surface area contributed by atoms with Crippen molar-refractivity contribution in [2.24, 2.45) is 0 Å². The smallest absolute Gasteiger partial charge is 0.293 e. The van der Waals surface area contributed by atoms with Gasteiger partial charge < -0.3 is 9.47 Å². The number of rotatable bonds is 0. The molecule has 0 saturated carbocycles. The standard InChI is InChI=1S/C5H6F2O2/c1-3-2-8-4(6)5(7)9-3/h4-5H,1-2H2. The molecule has 1 aliphatic heterocycles. The fourth-order valence-corrected chi connectivity index (χ4v) is 0.495. The molecule has 4 heteroatoms. The largest absolute Gasteiger partial charge is 0.457 e. The molecule has 2 unspecified atom stereocenters. The van der Waals surface area contributed by atoms with Crippen molar-refractivity contribution in [3.8, 4) is 0 Å². The van der Waals surface area contributed by atoms with Crippen molar-refractivity contribution in [3.63, 3.8) is 0 Å². The SMILES string of the molecule is C=C1COC(F)C(F)O1. The van der Waals surface area contributed by atoms with E-state index in [1.807, 2.05) is 0 Å². The van der Waals surface area contributed by atoms with Gasteiger partial charge in [-0.3, -0.25) is 0 Å². The van der Waals surface area contributed by atoms with Crippen LogP contribution in [0, 0.1) is 0 Å². The third-order valence-electron chi connectivity index (χ3n) is 0.889. The second-order valence-corrected chi connectivity index (χ2v) is 1.67. The maximum Gasteiger partial charge on any atom is 0.293 e. The molecule has 52 valence electrons. The molecule has 1 heterocycles. The Morgan fingerprint density at radius 2 is 2.11 bits per heavy atom. The van der Waals surface area contributed by atoms with Crippen LogP contribution in [-0.2, 0) is 9.47 Å². The molecule has 2 atom stereocenters. The number of alkyl halides is 2. The minimum absolute atomic E-state index is 0.0679. The summed E-state index contributed by atoms with van der Waals surface area (Å²) in [6, 6.07) is 0. The maximum atomic E-state index is 12.0. The van der Waals surface area contributed by atoms with Crippen molar-refractivity contribution in [2.45, 2.75) is 12.7 Å². The van der Waals surface area contributed by atoms with Crippen molar-refractivity contribution in [1.82, 2.24) is 0 Å². The lowest BCUT2D eigenvalue weighted by molar-refractivity contribution is -0.207. The van der Waals surface area contributed by atoms with Crippen molar-refractivity contribution in [3.05, 3.63) is 12.3 Å². The molecule has 2 nitrogen and oxygen atoms in total. The van der Waals surface area contributed by atoms with E-state index in [0.717, 1.165) is 0 Å². The lowest BCUT2D eigenvalue weighted by Crippen LogP contribution is -2.30. The quantitative estimate of drug-likeness (QED) is 0.497. The van der Waals surface area contributed by atoms with Crippen LogP contribution in [0.3, 0.4) is 0 Å². The minimum Gasteiger partial charge on any atom is -0.457 e. The molecule has 0 radical (unpaired) electrons. The molecule has 1 aliphatic rings. The van der Waals surface area contributed by atoms with Gasteiger partial charge in [0.25, 0.3) is 12.7 Å². The number of hydrogen-bond donors (Lipinski definition) is 0. The predicted octanol–water partition coefficient (Wildman–Crippen LogP) is 1.14. The summed E-state index contributed by atoms with van der Waals surface area (Å²) in [6.45, 7) is 3.18. The van der Waals surface area contributed by atoms with Gasteiger partial charge in [-0.25, -0.2) is 4.39 Å². The highest BCUT2D eigenvalue weighted by Gasteiger charge is 2.27. The van der Waals surface area contributed by atoms with Crippen LogP contribution in [0.15, 0.2) is 12.3 Å². The van der Waals surface area contributed by atoms with Crippen LogP contribution in [0.25, 0.3) is 0 Å². The van der Waals surface area contributed by atoms with Gasteiger partial charge in [-0.15, -0.1) is 0 Å². The van der Waals surface area contributed by atoms with Gasteiger partial charge in [-0.2, -0.15) is 4.39 Å². The van der Waals surface area contributed by atoms with Crippen LogP contribution in [-0.4, -0.2) is 19.3 Å². The summed E-state index contributed by atoms with van der Waals surface area (Å²) in [7, 11) is 0. The van der Waals surface area contributed by atoms with E-state index in [-0.39, 0.29) is 12.4 Å². The summed E-state index contributed by atoms with van der Waals surface area (Å²) in [5.74, 6) is 0.122. The molecule has 0 aromatic rings. The second kappa shape index (κ2) is 2.31. The molecule has 1 fully saturated rings. The highest BCUT2D eigenvalue weighted by Crippen LogP contribution is 2.17. The molecule has 0 aromatic heterocycles. The van der Waals surface area contributed by atoms with Gasteiger partial charge in [0.1, 0.15) is 12.4 Å². The fraction of sp³-hybridized carbons (Fsp3) is 0.600. The van der Waals surface area contributed by atoms with Gasteiger partial charge in [0.2, 0.25) is 0 Å². The molecule has 0 aliphatic carbocycles. The van der Waals surface area contributed by atoms with Crippen LogP contribution in [0.1, 0.15) is 0 Å². The second-order valence-electron chi connectivity index (χ2n) is 1.67. The molecule has 0 aromatic carbocycles. The van der Waals surface area contributed by atoms with Crippen molar-refractivity contribution in [2.75, 3.05) is 6.61 Å². The Bertz CT molecular complexity index is 126. The first-order chi connectivity index (χ1) is 4.20. The van der Waals surface area contributed by atoms with E-state index in [1.54, 1.807) is 0 Å². The van der Waals surface area contributed by atoms with Crippen molar-refractivity contribution in [1.29, 1.82) is 0 Å². The molecule has 0 spiro atoms. The molecular formula is C5H6F2O2. The van der Waals surface area contributed by atoms with E-state index >= 15 is 0 Å². The van der Waals surface area contributed by atoms with E-state index in [1.165, 1.54) is 0 Å². The summed E-state index contributed by atoms with van der Waals surface area (Å²) in [5.41, 5.74) is 0. The zero-order valence-electron chi connectivity index (χ0n) is 4.64. The minimum atomic E-state index is -2.01. The van der Waals surface area contributed by atoms with E-state index < -0.39 is 12.7 Å². The van der Waals surface area contributed by atoms with E-state index in [4.69, 9.17) is 0 Å². The van der Waals surface area contributed by atoms with Gasteiger partial charge in [0.05, 0.1) is 0 Å². The summed E-state index contributed by atoms with van der Waals surface area (Å²) in [6.07, 6.45) is -3.97. The zero-order valence-corrected chi connectivity index (χ0v) is 4.64. The molecule has 0 N–H and O–H groups in total. The predicted molar refractivity (Wildman–Crippen MR) is 26.0 cm³/mol. The summed E-state index contributed by atoms with van der Waals surface area (Å²) >= 11 is 0. The van der Waals surface area contributed by atoms with Crippen LogP contribution in [0.2, 0.25) is 0 Å². The lowest BCUT2D eigenvalue weighted by atomic mass is 10.5. The number of hydrogen-bond acceptors (Lipinski definition) is 2. The summed E-state index contributed by atoms with van der Waals surface area (Å²) < 4.78 is 32.5. The average molecular weight is 136 g/mol. The van der Waals surface area contributed by atoms with Crippen LogP contribution in [0.4, 0.5) is 8.78 Å². The Hall–Kier alpha value is -0.640. The molecule has 9 heavy (non-hydrogen) atoms. The monoisotopic (exact) mass is 136 g/mol. The molecule has 1 rings (SSSR count). The number of ether oxygens (including phenoxy) is 2. The third kappa shape index (κ3) is 1.38. The molecule has 0 amide bonds. The van der Waals surface area contributed by atoms with Crippen molar-refractivity contribution >= 4 is 0 Å². The Morgan fingerprint density at radius 3 is 2.56 bits per heavy atom. The average Bonchev–Trinajstić information content (AvgIpc) is 1.80. The molecule has 1 saturated heterocycles. The lowest BCUT2D eigenvalue weighted by Gasteiger charge is -2.22. The first kappa shape index (κ1) is 6.48.